The predicted octanol–water partition coefficient (Wildman–Crippen LogP) is 1.44. The van der Waals surface area contributed by atoms with Gasteiger partial charge in [-0.25, -0.2) is 4.39 Å². The molecule has 2 nitrogen and oxygen atoms in total. The van der Waals surface area contributed by atoms with Crippen LogP contribution in [0.3, 0.4) is 0 Å². The molecule has 1 atom stereocenters. The van der Waals surface area contributed by atoms with E-state index in [1.54, 1.807) is 12.1 Å². The number of nitrogens with two attached hydrogens (primary N) is 1. The number of hydrogen-bond donors (Lipinski definition) is 1. The van der Waals surface area contributed by atoms with Crippen LogP contribution in [0.2, 0.25) is 0 Å². The van der Waals surface area contributed by atoms with E-state index in [1.807, 2.05) is 0 Å². The Labute approximate surface area is 70.1 Å². The maximum Gasteiger partial charge on any atom is 0.148 e. The molecule has 0 aromatic heterocycles. The van der Waals surface area contributed by atoms with Crippen LogP contribution in [-0.2, 0) is 6.42 Å². The van der Waals surface area contributed by atoms with Crippen LogP contribution in [0.15, 0.2) is 18.2 Å². The molecule has 1 heterocycles. The molecule has 1 aliphatic heterocycles. The van der Waals surface area contributed by atoms with Gasteiger partial charge in [0.05, 0.1) is 0 Å². The molecule has 2 rings (SSSR count). The Hall–Kier alpha value is -1.09. The molecule has 64 valence electrons. The molecule has 12 heavy (non-hydrogen) atoms. The molecule has 2 N–H and O–H groups in total. The highest BCUT2D eigenvalue weighted by Crippen LogP contribution is 2.27. The summed E-state index contributed by atoms with van der Waals surface area (Å²) in [5, 5.41) is 0. The second kappa shape index (κ2) is 2.75. The van der Waals surface area contributed by atoms with E-state index in [0.717, 1.165) is 0 Å². The number of benzene rings is 1. The van der Waals surface area contributed by atoms with E-state index in [9.17, 15) is 4.39 Å². The minimum atomic E-state index is -0.278. The first kappa shape index (κ1) is 7.55. The lowest BCUT2D eigenvalue weighted by Gasteiger charge is -2.22. The Balaban J connectivity index is 2.42. The van der Waals surface area contributed by atoms with Gasteiger partial charge in [-0.2, -0.15) is 0 Å². The van der Waals surface area contributed by atoms with Crippen LogP contribution in [0.5, 0.6) is 5.75 Å². The van der Waals surface area contributed by atoms with Crippen molar-refractivity contribution < 1.29 is 9.13 Å². The van der Waals surface area contributed by atoms with Crippen molar-refractivity contribution in [1.82, 2.24) is 0 Å². The molecule has 1 aliphatic rings. The lowest BCUT2D eigenvalue weighted by Crippen LogP contribution is -2.31. The van der Waals surface area contributed by atoms with E-state index in [4.69, 9.17) is 10.5 Å². The monoisotopic (exact) mass is 167 g/mol. The fourth-order valence-corrected chi connectivity index (χ4v) is 1.40. The first-order valence-electron chi connectivity index (χ1n) is 3.97. The summed E-state index contributed by atoms with van der Waals surface area (Å²) < 4.78 is 18.3. The molecule has 1 unspecified atom stereocenters. The van der Waals surface area contributed by atoms with Crippen molar-refractivity contribution in [2.45, 2.75) is 19.1 Å². The van der Waals surface area contributed by atoms with Gasteiger partial charge in [0, 0.05) is 12.0 Å². The summed E-state index contributed by atoms with van der Waals surface area (Å²) in [6, 6.07) is 4.82. The molecule has 0 spiro atoms. The zero-order chi connectivity index (χ0) is 8.55. The standard InChI is InChI=1S/C9H10FNO/c10-7-2-1-3-8-6(7)4-5-9(11)12-8/h1-3,9H,4-5,11H2. The normalized spacial score (nSPS) is 21.3. The first-order chi connectivity index (χ1) is 5.77. The third-order valence-corrected chi connectivity index (χ3v) is 2.03. The summed E-state index contributed by atoms with van der Waals surface area (Å²) >= 11 is 0. The summed E-state index contributed by atoms with van der Waals surface area (Å²) in [5.41, 5.74) is 6.21. The lowest BCUT2D eigenvalue weighted by molar-refractivity contribution is 0.178. The minimum absolute atomic E-state index is 0.195. The van der Waals surface area contributed by atoms with Crippen molar-refractivity contribution in [2.24, 2.45) is 5.73 Å². The van der Waals surface area contributed by atoms with Crippen LogP contribution < -0.4 is 10.5 Å². The minimum Gasteiger partial charge on any atom is -0.475 e. The van der Waals surface area contributed by atoms with Crippen molar-refractivity contribution >= 4 is 0 Å². The van der Waals surface area contributed by atoms with Crippen molar-refractivity contribution in [2.75, 3.05) is 0 Å². The maximum atomic E-state index is 13.1. The Kier molecular flexibility index (Phi) is 1.73. The Morgan fingerprint density at radius 2 is 2.33 bits per heavy atom. The fourth-order valence-electron chi connectivity index (χ4n) is 1.40. The highest BCUT2D eigenvalue weighted by Gasteiger charge is 2.18. The summed E-state index contributed by atoms with van der Waals surface area (Å²) in [5.74, 6) is 0.396. The highest BCUT2D eigenvalue weighted by atomic mass is 19.1. The van der Waals surface area contributed by atoms with Gasteiger partial charge in [-0.05, 0) is 18.6 Å². The highest BCUT2D eigenvalue weighted by molar-refractivity contribution is 5.36. The van der Waals surface area contributed by atoms with Crippen LogP contribution in [0.1, 0.15) is 12.0 Å². The quantitative estimate of drug-likeness (QED) is 0.634. The second-order valence-corrected chi connectivity index (χ2v) is 2.91. The van der Waals surface area contributed by atoms with Crippen molar-refractivity contribution in [3.05, 3.63) is 29.6 Å². The Morgan fingerprint density at radius 1 is 1.50 bits per heavy atom. The SMILES string of the molecule is NC1CCc2c(F)cccc2O1. The average Bonchev–Trinajstić information content (AvgIpc) is 2.04. The number of fused-ring (bicyclic) bond motifs is 1. The van der Waals surface area contributed by atoms with Crippen LogP contribution in [0.4, 0.5) is 4.39 Å². The maximum absolute atomic E-state index is 13.1. The molecule has 1 aromatic rings. The number of rotatable bonds is 0. The number of ether oxygens (including phenoxy) is 1. The predicted molar refractivity (Wildman–Crippen MR) is 43.3 cm³/mol. The largest absolute Gasteiger partial charge is 0.475 e. The van der Waals surface area contributed by atoms with E-state index >= 15 is 0 Å². The summed E-state index contributed by atoms with van der Waals surface area (Å²) in [7, 11) is 0. The van der Waals surface area contributed by atoms with Crippen molar-refractivity contribution in [3.8, 4) is 5.75 Å². The fraction of sp³-hybridized carbons (Fsp3) is 0.333. The summed E-state index contributed by atoms with van der Waals surface area (Å²) in [4.78, 5) is 0. The van der Waals surface area contributed by atoms with Crippen LogP contribution in [0.25, 0.3) is 0 Å². The van der Waals surface area contributed by atoms with E-state index in [1.165, 1.54) is 6.07 Å². The number of hydrogen-bond acceptors (Lipinski definition) is 2. The van der Waals surface area contributed by atoms with E-state index in [2.05, 4.69) is 0 Å². The molecule has 0 saturated heterocycles. The molecule has 1 aromatic carbocycles. The summed E-state index contributed by atoms with van der Waals surface area (Å²) in [6.07, 6.45) is 1.08. The Morgan fingerprint density at radius 3 is 3.17 bits per heavy atom. The van der Waals surface area contributed by atoms with Gasteiger partial charge in [0.2, 0.25) is 0 Å². The number of halogens is 1. The van der Waals surface area contributed by atoms with Crippen LogP contribution in [0, 0.1) is 5.82 Å². The van der Waals surface area contributed by atoms with Crippen LogP contribution in [-0.4, -0.2) is 6.23 Å². The van der Waals surface area contributed by atoms with Gasteiger partial charge in [-0.3, -0.25) is 5.73 Å². The third-order valence-electron chi connectivity index (χ3n) is 2.03. The molecule has 0 amide bonds. The Bertz CT molecular complexity index is 301. The molecule has 0 fully saturated rings. The molecule has 3 heteroatoms. The molecular weight excluding hydrogens is 157 g/mol. The van der Waals surface area contributed by atoms with Gasteiger partial charge >= 0.3 is 0 Å². The molecule has 0 aliphatic carbocycles. The second-order valence-electron chi connectivity index (χ2n) is 2.91. The van der Waals surface area contributed by atoms with Crippen LogP contribution >= 0.6 is 0 Å². The molecule has 0 saturated carbocycles. The first-order valence-corrected chi connectivity index (χ1v) is 3.97. The lowest BCUT2D eigenvalue weighted by atomic mass is 10.0. The van der Waals surface area contributed by atoms with Gasteiger partial charge in [0.15, 0.2) is 0 Å². The topological polar surface area (TPSA) is 35.2 Å². The third kappa shape index (κ3) is 1.16. The van der Waals surface area contributed by atoms with Gasteiger partial charge in [0.25, 0.3) is 0 Å². The smallest absolute Gasteiger partial charge is 0.148 e. The van der Waals surface area contributed by atoms with Crippen molar-refractivity contribution in [1.29, 1.82) is 0 Å². The zero-order valence-corrected chi connectivity index (χ0v) is 6.59. The van der Waals surface area contributed by atoms with E-state index in [-0.39, 0.29) is 12.0 Å². The van der Waals surface area contributed by atoms with Gasteiger partial charge in [-0.15, -0.1) is 0 Å². The van der Waals surface area contributed by atoms with Gasteiger partial charge < -0.3 is 4.74 Å². The van der Waals surface area contributed by atoms with Crippen molar-refractivity contribution in [3.63, 3.8) is 0 Å². The average molecular weight is 167 g/mol. The van der Waals surface area contributed by atoms with E-state index < -0.39 is 0 Å². The molecule has 0 radical (unpaired) electrons. The van der Waals surface area contributed by atoms with Gasteiger partial charge in [-0.1, -0.05) is 6.07 Å². The van der Waals surface area contributed by atoms with E-state index in [0.29, 0.717) is 24.2 Å². The summed E-state index contributed by atoms with van der Waals surface area (Å²) in [6.45, 7) is 0. The van der Waals surface area contributed by atoms with Gasteiger partial charge in [0.1, 0.15) is 17.8 Å². The molecular formula is C9H10FNO. The molecule has 0 bridgehead atoms. The zero-order valence-electron chi connectivity index (χ0n) is 6.59.